The van der Waals surface area contributed by atoms with E-state index < -0.39 is 0 Å². The molecular formula is C10H11NO3Ti. The number of nitrogens with two attached hydrogens (primary N) is 1. The van der Waals surface area contributed by atoms with Crippen molar-refractivity contribution in [2.45, 2.75) is 12.8 Å². The number of phenolic OH excluding ortho intramolecular Hbond substituents is 1. The number of hydrogen-bond acceptors (Lipinski definition) is 4. The average Bonchev–Trinajstić information content (AvgIpc) is 2.18. The summed E-state index contributed by atoms with van der Waals surface area (Å²) in [5, 5.41) is 9.11. The van der Waals surface area contributed by atoms with Crippen LogP contribution in [0, 0.1) is 0 Å². The number of aromatic hydroxyl groups is 1. The summed E-state index contributed by atoms with van der Waals surface area (Å²) in [6, 6.07) is 4.25. The molecule has 0 aromatic heterocycles. The van der Waals surface area contributed by atoms with E-state index in [4.69, 9.17) is 10.8 Å². The molecular weight excluding hydrogens is 230 g/mol. The van der Waals surface area contributed by atoms with Crippen molar-refractivity contribution in [1.29, 1.82) is 0 Å². The van der Waals surface area contributed by atoms with Crippen molar-refractivity contribution >= 4 is 17.8 Å². The van der Waals surface area contributed by atoms with Crippen molar-refractivity contribution in [3.8, 4) is 5.75 Å². The first-order valence-corrected chi connectivity index (χ1v) is 4.20. The number of nitrogen functional groups attached to an aromatic ring is 1. The van der Waals surface area contributed by atoms with E-state index in [-0.39, 0.29) is 51.8 Å². The summed E-state index contributed by atoms with van der Waals surface area (Å²) in [4.78, 5) is 21.4. The molecule has 5 heteroatoms. The fraction of sp³-hybridized carbons (Fsp3) is 0.200. The predicted molar refractivity (Wildman–Crippen MR) is 52.1 cm³/mol. The van der Waals surface area contributed by atoms with Crippen molar-refractivity contribution < 1.29 is 36.4 Å². The van der Waals surface area contributed by atoms with Crippen LogP contribution >= 0.6 is 0 Å². The van der Waals surface area contributed by atoms with Crippen LogP contribution in [-0.2, 0) is 26.5 Å². The summed E-state index contributed by atoms with van der Waals surface area (Å²) in [5.74, 6) is -0.194. The smallest absolute Gasteiger partial charge is 0.163 e. The van der Waals surface area contributed by atoms with Crippen LogP contribution in [0.25, 0.3) is 0 Å². The summed E-state index contributed by atoms with van der Waals surface area (Å²) >= 11 is 0. The number of carbonyl (C=O) groups is 2. The molecule has 4 nitrogen and oxygen atoms in total. The molecule has 0 aliphatic heterocycles. The van der Waals surface area contributed by atoms with Gasteiger partial charge in [0.05, 0.1) is 5.69 Å². The largest absolute Gasteiger partial charge is 0.506 e. The minimum Gasteiger partial charge on any atom is -0.506 e. The van der Waals surface area contributed by atoms with E-state index in [2.05, 4.69) is 0 Å². The Labute approximate surface area is 102 Å². The maximum Gasteiger partial charge on any atom is 0.163 e. The maximum atomic E-state index is 11.4. The molecule has 0 fully saturated rings. The standard InChI is InChI=1S/C10H11NO3.Ti/c11-8-6-7(3-4-10(8)14)9(13)2-1-5-12;/h3-6,14H,1-2,11H2;. The van der Waals surface area contributed by atoms with Gasteiger partial charge in [-0.2, -0.15) is 0 Å². The summed E-state index contributed by atoms with van der Waals surface area (Å²) in [7, 11) is 0. The fourth-order valence-electron chi connectivity index (χ4n) is 1.06. The van der Waals surface area contributed by atoms with Crippen molar-refractivity contribution in [3.63, 3.8) is 0 Å². The van der Waals surface area contributed by atoms with Gasteiger partial charge in [0.25, 0.3) is 0 Å². The zero-order valence-electron chi connectivity index (χ0n) is 8.06. The Bertz CT molecular complexity index is 366. The quantitative estimate of drug-likeness (QED) is 0.272. The van der Waals surface area contributed by atoms with Gasteiger partial charge in [0.2, 0.25) is 0 Å². The summed E-state index contributed by atoms with van der Waals surface area (Å²) in [6.45, 7) is 0. The van der Waals surface area contributed by atoms with Crippen molar-refractivity contribution in [1.82, 2.24) is 0 Å². The molecule has 78 valence electrons. The molecule has 1 aromatic carbocycles. The second kappa shape index (κ2) is 6.38. The number of phenols is 1. The van der Waals surface area contributed by atoms with Gasteiger partial charge < -0.3 is 15.6 Å². The molecule has 3 N–H and O–H groups in total. The monoisotopic (exact) mass is 241 g/mol. The van der Waals surface area contributed by atoms with Crippen LogP contribution in [0.3, 0.4) is 0 Å². The zero-order valence-corrected chi connectivity index (χ0v) is 9.63. The summed E-state index contributed by atoms with van der Waals surface area (Å²) < 4.78 is 0. The molecule has 0 radical (unpaired) electrons. The summed E-state index contributed by atoms with van der Waals surface area (Å²) in [5.41, 5.74) is 6.00. The minimum atomic E-state index is -0.149. The average molecular weight is 241 g/mol. The number of benzene rings is 1. The first-order chi connectivity index (χ1) is 6.65. The van der Waals surface area contributed by atoms with Gasteiger partial charge in [-0.3, -0.25) is 4.79 Å². The number of rotatable bonds is 4. The van der Waals surface area contributed by atoms with Crippen LogP contribution < -0.4 is 5.73 Å². The van der Waals surface area contributed by atoms with E-state index in [0.29, 0.717) is 11.8 Å². The molecule has 0 unspecified atom stereocenters. The van der Waals surface area contributed by atoms with Crippen molar-refractivity contribution in [2.75, 3.05) is 5.73 Å². The van der Waals surface area contributed by atoms with E-state index >= 15 is 0 Å². The molecule has 0 amide bonds. The molecule has 0 saturated heterocycles. The predicted octanol–water partition coefficient (Wildman–Crippen LogP) is 1.13. The molecule has 1 rings (SSSR count). The fourth-order valence-corrected chi connectivity index (χ4v) is 1.06. The topological polar surface area (TPSA) is 80.4 Å². The van der Waals surface area contributed by atoms with Gasteiger partial charge in [-0.1, -0.05) is 0 Å². The van der Waals surface area contributed by atoms with Gasteiger partial charge in [0.1, 0.15) is 12.0 Å². The van der Waals surface area contributed by atoms with Crippen LogP contribution in [0.15, 0.2) is 18.2 Å². The van der Waals surface area contributed by atoms with Gasteiger partial charge in [-0.25, -0.2) is 0 Å². The van der Waals surface area contributed by atoms with Crippen LogP contribution in [0.5, 0.6) is 5.75 Å². The Balaban J connectivity index is 0.00000196. The second-order valence-electron chi connectivity index (χ2n) is 2.90. The number of ketones is 1. The van der Waals surface area contributed by atoms with E-state index in [1.165, 1.54) is 18.2 Å². The van der Waals surface area contributed by atoms with Crippen LogP contribution in [0.4, 0.5) is 5.69 Å². The number of carbonyl (C=O) groups excluding carboxylic acids is 2. The minimum absolute atomic E-state index is 0. The molecule has 0 aliphatic carbocycles. The van der Waals surface area contributed by atoms with Crippen LogP contribution in [0.2, 0.25) is 0 Å². The SMILES string of the molecule is Nc1cc(C(=O)CCC=O)ccc1O.[Ti]. The number of anilines is 1. The number of aldehydes is 1. The third kappa shape index (κ3) is 3.85. The molecule has 15 heavy (non-hydrogen) atoms. The Hall–Kier alpha value is -1.13. The molecule has 1 aromatic rings. The van der Waals surface area contributed by atoms with E-state index in [9.17, 15) is 9.59 Å². The Morgan fingerprint density at radius 1 is 1.47 bits per heavy atom. The Morgan fingerprint density at radius 3 is 2.67 bits per heavy atom. The van der Waals surface area contributed by atoms with E-state index in [0.717, 1.165) is 0 Å². The number of hydrogen-bond donors (Lipinski definition) is 2. The normalized spacial score (nSPS) is 9.07. The van der Waals surface area contributed by atoms with Gasteiger partial charge in [-0.05, 0) is 18.2 Å². The summed E-state index contributed by atoms with van der Waals surface area (Å²) in [6.07, 6.45) is 1.08. The number of Topliss-reactive ketones (excluding diaryl/α,β-unsaturated/α-hetero) is 1. The molecule has 0 bridgehead atoms. The van der Waals surface area contributed by atoms with Crippen LogP contribution in [0.1, 0.15) is 23.2 Å². The Morgan fingerprint density at radius 2 is 2.13 bits per heavy atom. The molecule has 0 heterocycles. The van der Waals surface area contributed by atoms with Gasteiger partial charge >= 0.3 is 0 Å². The zero-order chi connectivity index (χ0) is 10.6. The van der Waals surface area contributed by atoms with Gasteiger partial charge in [-0.15, -0.1) is 0 Å². The maximum absolute atomic E-state index is 11.4. The third-order valence-corrected chi connectivity index (χ3v) is 1.84. The van der Waals surface area contributed by atoms with Crippen LogP contribution in [-0.4, -0.2) is 17.2 Å². The van der Waals surface area contributed by atoms with E-state index in [1.807, 2.05) is 0 Å². The van der Waals surface area contributed by atoms with Crippen molar-refractivity contribution in [3.05, 3.63) is 23.8 Å². The van der Waals surface area contributed by atoms with Gasteiger partial charge in [0.15, 0.2) is 5.78 Å². The molecule has 0 aliphatic rings. The molecule has 0 spiro atoms. The third-order valence-electron chi connectivity index (χ3n) is 1.84. The van der Waals surface area contributed by atoms with Crippen molar-refractivity contribution in [2.24, 2.45) is 0 Å². The Kier molecular flexibility index (Phi) is 5.90. The second-order valence-corrected chi connectivity index (χ2v) is 2.90. The van der Waals surface area contributed by atoms with Gasteiger partial charge in [0, 0.05) is 40.1 Å². The molecule has 0 atom stereocenters. The first kappa shape index (κ1) is 13.9. The van der Waals surface area contributed by atoms with E-state index in [1.54, 1.807) is 0 Å². The first-order valence-electron chi connectivity index (χ1n) is 4.20. The molecule has 0 saturated carbocycles.